The molecule has 1 aromatic rings. The van der Waals surface area contributed by atoms with Gasteiger partial charge >= 0.3 is 0 Å². The number of nitrogen functional groups attached to an aromatic ring is 1. The van der Waals surface area contributed by atoms with Crippen LogP contribution in [0.5, 0.6) is 0 Å². The van der Waals surface area contributed by atoms with Crippen molar-refractivity contribution < 1.29 is 0 Å². The van der Waals surface area contributed by atoms with Gasteiger partial charge in [-0.05, 0) is 41.5 Å². The lowest BCUT2D eigenvalue weighted by Gasteiger charge is -2.16. The molecular formula is C15H27N. The summed E-state index contributed by atoms with van der Waals surface area (Å²) in [6.45, 7) is 14.9. The van der Waals surface area contributed by atoms with Gasteiger partial charge in [-0.1, -0.05) is 47.6 Å². The smallest absolute Gasteiger partial charge is 0.0352 e. The first-order valence-electron chi connectivity index (χ1n) is 6.33. The Morgan fingerprint density at radius 2 is 1.31 bits per heavy atom. The number of aryl methyl sites for hydroxylation is 1. The predicted octanol–water partition coefficient (Wildman–Crippen LogP) is 4.85. The van der Waals surface area contributed by atoms with E-state index in [1.807, 2.05) is 13.8 Å². The second kappa shape index (κ2) is 6.57. The normalized spacial score (nSPS) is 10.3. The van der Waals surface area contributed by atoms with Crippen molar-refractivity contribution in [3.63, 3.8) is 0 Å². The van der Waals surface area contributed by atoms with Gasteiger partial charge in [0.1, 0.15) is 0 Å². The molecule has 0 saturated heterocycles. The summed E-state index contributed by atoms with van der Waals surface area (Å²) >= 11 is 0. The summed E-state index contributed by atoms with van der Waals surface area (Å²) < 4.78 is 0. The molecular weight excluding hydrogens is 194 g/mol. The molecule has 1 aromatic carbocycles. The van der Waals surface area contributed by atoms with Gasteiger partial charge in [-0.25, -0.2) is 0 Å². The lowest BCUT2D eigenvalue weighted by Crippen LogP contribution is -2.01. The SMILES string of the molecule is CC.Cc1cc(C(C)C)c(N)cc1C(C)C. The summed E-state index contributed by atoms with van der Waals surface area (Å²) in [5.74, 6) is 1.06. The van der Waals surface area contributed by atoms with E-state index in [2.05, 4.69) is 46.8 Å². The van der Waals surface area contributed by atoms with Crippen LogP contribution in [0.25, 0.3) is 0 Å². The summed E-state index contributed by atoms with van der Waals surface area (Å²) in [6, 6.07) is 4.37. The van der Waals surface area contributed by atoms with E-state index in [4.69, 9.17) is 5.73 Å². The minimum absolute atomic E-state index is 0.509. The molecule has 0 aliphatic rings. The monoisotopic (exact) mass is 221 g/mol. The van der Waals surface area contributed by atoms with E-state index in [1.54, 1.807) is 0 Å². The van der Waals surface area contributed by atoms with Crippen molar-refractivity contribution >= 4 is 5.69 Å². The van der Waals surface area contributed by atoms with Crippen LogP contribution in [0, 0.1) is 6.92 Å². The van der Waals surface area contributed by atoms with Gasteiger partial charge in [-0.3, -0.25) is 0 Å². The van der Waals surface area contributed by atoms with Gasteiger partial charge in [0.25, 0.3) is 0 Å². The molecule has 1 nitrogen and oxygen atoms in total. The van der Waals surface area contributed by atoms with Crippen molar-refractivity contribution in [2.75, 3.05) is 5.73 Å². The third-order valence-electron chi connectivity index (χ3n) is 2.72. The third-order valence-corrected chi connectivity index (χ3v) is 2.72. The van der Waals surface area contributed by atoms with Crippen molar-refractivity contribution in [3.8, 4) is 0 Å². The van der Waals surface area contributed by atoms with Crippen molar-refractivity contribution in [1.82, 2.24) is 0 Å². The Morgan fingerprint density at radius 3 is 1.69 bits per heavy atom. The highest BCUT2D eigenvalue weighted by Gasteiger charge is 2.09. The summed E-state index contributed by atoms with van der Waals surface area (Å²) in [7, 11) is 0. The largest absolute Gasteiger partial charge is 0.398 e. The van der Waals surface area contributed by atoms with Crippen LogP contribution in [0.1, 0.15) is 70.1 Å². The quantitative estimate of drug-likeness (QED) is 0.710. The van der Waals surface area contributed by atoms with E-state index in [0.717, 1.165) is 5.69 Å². The Balaban J connectivity index is 0.00000106. The molecule has 0 aromatic heterocycles. The number of nitrogens with two attached hydrogens (primary N) is 1. The Bertz CT molecular complexity index is 291. The molecule has 0 saturated carbocycles. The van der Waals surface area contributed by atoms with Gasteiger partial charge < -0.3 is 5.73 Å². The molecule has 0 aliphatic heterocycles. The van der Waals surface area contributed by atoms with Crippen molar-refractivity contribution in [1.29, 1.82) is 0 Å². The Labute approximate surface area is 101 Å². The maximum absolute atomic E-state index is 6.03. The van der Waals surface area contributed by atoms with Crippen LogP contribution < -0.4 is 5.73 Å². The van der Waals surface area contributed by atoms with Crippen LogP contribution >= 0.6 is 0 Å². The van der Waals surface area contributed by atoms with Gasteiger partial charge in [0.05, 0.1) is 0 Å². The Morgan fingerprint density at radius 1 is 0.875 bits per heavy atom. The van der Waals surface area contributed by atoms with Crippen LogP contribution in [0.2, 0.25) is 0 Å². The third kappa shape index (κ3) is 3.55. The molecule has 16 heavy (non-hydrogen) atoms. The van der Waals surface area contributed by atoms with Crippen molar-refractivity contribution in [2.45, 2.75) is 60.3 Å². The van der Waals surface area contributed by atoms with Crippen LogP contribution in [0.15, 0.2) is 12.1 Å². The zero-order valence-corrected chi connectivity index (χ0v) is 11.9. The molecule has 0 unspecified atom stereocenters. The van der Waals surface area contributed by atoms with E-state index in [0.29, 0.717) is 11.8 Å². The highest BCUT2D eigenvalue weighted by atomic mass is 14.6. The standard InChI is InChI=1S/C13H21N.C2H6/c1-8(2)11-7-13(14)12(9(3)4)6-10(11)5;1-2/h6-9H,14H2,1-5H3;1-2H3. The minimum atomic E-state index is 0.509. The second-order valence-electron chi connectivity index (χ2n) is 4.65. The summed E-state index contributed by atoms with van der Waals surface area (Å²) in [6.07, 6.45) is 0. The van der Waals surface area contributed by atoms with Crippen molar-refractivity contribution in [3.05, 3.63) is 28.8 Å². The van der Waals surface area contributed by atoms with E-state index >= 15 is 0 Å². The first-order chi connectivity index (χ1) is 7.43. The maximum Gasteiger partial charge on any atom is 0.0352 e. The first-order valence-corrected chi connectivity index (χ1v) is 6.33. The molecule has 0 fully saturated rings. The predicted molar refractivity (Wildman–Crippen MR) is 75.1 cm³/mol. The molecule has 2 N–H and O–H groups in total. The topological polar surface area (TPSA) is 26.0 Å². The second-order valence-corrected chi connectivity index (χ2v) is 4.65. The Kier molecular flexibility index (Phi) is 6.17. The Hall–Kier alpha value is -0.980. The average molecular weight is 221 g/mol. The van der Waals surface area contributed by atoms with Gasteiger partial charge in [0.15, 0.2) is 0 Å². The molecule has 0 heterocycles. The van der Waals surface area contributed by atoms with Crippen LogP contribution in [-0.2, 0) is 0 Å². The molecule has 1 rings (SSSR count). The molecule has 0 aliphatic carbocycles. The molecule has 1 heteroatoms. The molecule has 0 amide bonds. The van der Waals surface area contributed by atoms with Gasteiger partial charge in [0, 0.05) is 5.69 Å². The fraction of sp³-hybridized carbons (Fsp3) is 0.600. The van der Waals surface area contributed by atoms with Crippen LogP contribution in [-0.4, -0.2) is 0 Å². The number of hydrogen-bond donors (Lipinski definition) is 1. The maximum atomic E-state index is 6.03. The number of benzene rings is 1. The lowest BCUT2D eigenvalue weighted by atomic mass is 9.91. The highest BCUT2D eigenvalue weighted by Crippen LogP contribution is 2.28. The summed E-state index contributed by atoms with van der Waals surface area (Å²) in [5.41, 5.74) is 11.0. The van der Waals surface area contributed by atoms with E-state index in [-0.39, 0.29) is 0 Å². The zero-order chi connectivity index (χ0) is 12.9. The number of anilines is 1. The van der Waals surface area contributed by atoms with E-state index in [9.17, 15) is 0 Å². The van der Waals surface area contributed by atoms with Crippen molar-refractivity contribution in [2.24, 2.45) is 0 Å². The molecule has 0 bridgehead atoms. The van der Waals surface area contributed by atoms with Crippen LogP contribution in [0.3, 0.4) is 0 Å². The van der Waals surface area contributed by atoms with E-state index in [1.165, 1.54) is 16.7 Å². The van der Waals surface area contributed by atoms with Crippen LogP contribution in [0.4, 0.5) is 5.69 Å². The fourth-order valence-corrected chi connectivity index (χ4v) is 1.89. The highest BCUT2D eigenvalue weighted by molar-refractivity contribution is 5.54. The van der Waals surface area contributed by atoms with Gasteiger partial charge in [0.2, 0.25) is 0 Å². The number of rotatable bonds is 2. The summed E-state index contributed by atoms with van der Waals surface area (Å²) in [4.78, 5) is 0. The fourth-order valence-electron chi connectivity index (χ4n) is 1.89. The van der Waals surface area contributed by atoms with E-state index < -0.39 is 0 Å². The first kappa shape index (κ1) is 15.0. The summed E-state index contributed by atoms with van der Waals surface area (Å²) in [5, 5.41) is 0. The van der Waals surface area contributed by atoms with Gasteiger partial charge in [-0.15, -0.1) is 0 Å². The zero-order valence-electron chi connectivity index (χ0n) is 11.9. The molecule has 0 atom stereocenters. The molecule has 0 spiro atoms. The minimum Gasteiger partial charge on any atom is -0.398 e. The molecule has 92 valence electrons. The van der Waals surface area contributed by atoms with Gasteiger partial charge in [-0.2, -0.15) is 0 Å². The number of hydrogen-bond acceptors (Lipinski definition) is 1. The molecule has 0 radical (unpaired) electrons. The average Bonchev–Trinajstić information content (AvgIpc) is 2.23. The lowest BCUT2D eigenvalue weighted by molar-refractivity contribution is 0.838.